The Morgan fingerprint density at radius 1 is 1.41 bits per heavy atom. The van der Waals surface area contributed by atoms with E-state index in [9.17, 15) is 9.59 Å². The monoisotopic (exact) mass is 332 g/mol. The molecule has 9 heteroatoms. The summed E-state index contributed by atoms with van der Waals surface area (Å²) in [6.07, 6.45) is 2.26. The molecule has 0 spiro atoms. The fourth-order valence-corrected chi connectivity index (χ4v) is 1.80. The molecule has 1 aromatic heterocycles. The SMILES string of the molecule is CC(C)CC(CN)NC(=O)c1cn(CC(=O)N(C)C)nn1.Cl. The fraction of sp³-hybridized carbons (Fsp3) is 0.692. The summed E-state index contributed by atoms with van der Waals surface area (Å²) in [5, 5.41) is 10.4. The van der Waals surface area contributed by atoms with Crippen molar-refractivity contribution in [2.24, 2.45) is 11.7 Å². The van der Waals surface area contributed by atoms with E-state index in [0.29, 0.717) is 12.5 Å². The van der Waals surface area contributed by atoms with Crippen molar-refractivity contribution in [3.8, 4) is 0 Å². The first-order valence-corrected chi connectivity index (χ1v) is 6.94. The van der Waals surface area contributed by atoms with Crippen molar-refractivity contribution in [2.75, 3.05) is 20.6 Å². The van der Waals surface area contributed by atoms with Crippen molar-refractivity contribution in [3.05, 3.63) is 11.9 Å². The number of halogens is 1. The number of hydrogen-bond acceptors (Lipinski definition) is 5. The number of nitrogens with one attached hydrogen (secondary N) is 1. The summed E-state index contributed by atoms with van der Waals surface area (Å²) < 4.78 is 1.34. The Morgan fingerprint density at radius 2 is 2.05 bits per heavy atom. The van der Waals surface area contributed by atoms with E-state index in [1.54, 1.807) is 14.1 Å². The van der Waals surface area contributed by atoms with Gasteiger partial charge in [0.25, 0.3) is 5.91 Å². The maximum atomic E-state index is 12.1. The zero-order chi connectivity index (χ0) is 16.0. The molecule has 3 N–H and O–H groups in total. The van der Waals surface area contributed by atoms with E-state index in [1.807, 2.05) is 0 Å². The van der Waals surface area contributed by atoms with Crippen molar-refractivity contribution in [1.82, 2.24) is 25.2 Å². The lowest BCUT2D eigenvalue weighted by Crippen LogP contribution is -2.41. The molecule has 0 saturated carbocycles. The summed E-state index contributed by atoms with van der Waals surface area (Å²) in [5.41, 5.74) is 5.83. The average molecular weight is 333 g/mol. The molecule has 8 nitrogen and oxygen atoms in total. The van der Waals surface area contributed by atoms with Crippen LogP contribution < -0.4 is 11.1 Å². The lowest BCUT2D eigenvalue weighted by molar-refractivity contribution is -0.129. The smallest absolute Gasteiger partial charge is 0.273 e. The van der Waals surface area contributed by atoms with Gasteiger partial charge in [0, 0.05) is 26.7 Å². The minimum atomic E-state index is -0.324. The van der Waals surface area contributed by atoms with Gasteiger partial charge in [-0.2, -0.15) is 0 Å². The van der Waals surface area contributed by atoms with E-state index < -0.39 is 0 Å². The van der Waals surface area contributed by atoms with Crippen LogP contribution in [0.4, 0.5) is 0 Å². The van der Waals surface area contributed by atoms with E-state index in [-0.39, 0.29) is 42.5 Å². The molecule has 1 heterocycles. The van der Waals surface area contributed by atoms with Crippen LogP contribution in [-0.4, -0.2) is 58.4 Å². The summed E-state index contributed by atoms with van der Waals surface area (Å²) in [7, 11) is 3.31. The molecule has 0 aliphatic carbocycles. The second-order valence-corrected chi connectivity index (χ2v) is 5.63. The van der Waals surface area contributed by atoms with Crippen molar-refractivity contribution < 1.29 is 9.59 Å². The van der Waals surface area contributed by atoms with Gasteiger partial charge in [-0.1, -0.05) is 19.1 Å². The van der Waals surface area contributed by atoms with Gasteiger partial charge in [-0.3, -0.25) is 9.59 Å². The zero-order valence-corrected chi connectivity index (χ0v) is 14.3. The second-order valence-electron chi connectivity index (χ2n) is 5.63. The Kier molecular flexibility index (Phi) is 8.66. The first-order chi connectivity index (χ1) is 9.83. The Bertz CT molecular complexity index is 489. The highest BCUT2D eigenvalue weighted by Gasteiger charge is 2.17. The van der Waals surface area contributed by atoms with Gasteiger partial charge in [-0.15, -0.1) is 17.5 Å². The summed E-state index contributed by atoms with van der Waals surface area (Å²) in [6.45, 7) is 4.56. The molecule has 1 atom stereocenters. The van der Waals surface area contributed by atoms with Crippen LogP contribution in [0, 0.1) is 5.92 Å². The van der Waals surface area contributed by atoms with E-state index in [1.165, 1.54) is 15.8 Å². The van der Waals surface area contributed by atoms with Gasteiger partial charge in [0.15, 0.2) is 5.69 Å². The highest BCUT2D eigenvalue weighted by molar-refractivity contribution is 5.92. The molecule has 0 saturated heterocycles. The average Bonchev–Trinajstić information content (AvgIpc) is 2.85. The van der Waals surface area contributed by atoms with Crippen LogP contribution in [0.5, 0.6) is 0 Å². The summed E-state index contributed by atoms with van der Waals surface area (Å²) in [5.74, 6) is -0.00611. The van der Waals surface area contributed by atoms with E-state index >= 15 is 0 Å². The number of carbonyl (C=O) groups excluding carboxylic acids is 2. The van der Waals surface area contributed by atoms with Gasteiger partial charge < -0.3 is 16.0 Å². The van der Waals surface area contributed by atoms with Gasteiger partial charge in [0.05, 0.1) is 6.20 Å². The van der Waals surface area contributed by atoms with Crippen molar-refractivity contribution >= 4 is 24.2 Å². The van der Waals surface area contributed by atoms with Crippen LogP contribution in [0.3, 0.4) is 0 Å². The number of rotatable bonds is 7. The first kappa shape index (κ1) is 20.3. The van der Waals surface area contributed by atoms with Gasteiger partial charge in [-0.05, 0) is 12.3 Å². The van der Waals surface area contributed by atoms with Crippen molar-refractivity contribution in [1.29, 1.82) is 0 Å². The van der Waals surface area contributed by atoms with Crippen LogP contribution >= 0.6 is 12.4 Å². The molecular formula is C13H25ClN6O2. The molecule has 0 aromatic carbocycles. The molecular weight excluding hydrogens is 308 g/mol. The Morgan fingerprint density at radius 3 is 2.55 bits per heavy atom. The highest BCUT2D eigenvalue weighted by Crippen LogP contribution is 2.04. The Labute approximate surface area is 136 Å². The Balaban J connectivity index is 0.00000441. The maximum Gasteiger partial charge on any atom is 0.273 e. The number of likely N-dealkylation sites (N-methyl/N-ethyl adjacent to an activating group) is 1. The number of amides is 2. The third-order valence-electron chi connectivity index (χ3n) is 2.94. The zero-order valence-electron chi connectivity index (χ0n) is 13.4. The maximum absolute atomic E-state index is 12.1. The molecule has 2 amide bonds. The molecule has 0 aliphatic heterocycles. The molecule has 126 valence electrons. The van der Waals surface area contributed by atoms with Crippen molar-refractivity contribution in [3.63, 3.8) is 0 Å². The first-order valence-electron chi connectivity index (χ1n) is 6.94. The van der Waals surface area contributed by atoms with Crippen molar-refractivity contribution in [2.45, 2.75) is 32.9 Å². The summed E-state index contributed by atoms with van der Waals surface area (Å²) in [4.78, 5) is 25.1. The Hall–Kier alpha value is -1.67. The quantitative estimate of drug-likeness (QED) is 0.724. The van der Waals surface area contributed by atoms with Crippen LogP contribution in [-0.2, 0) is 11.3 Å². The minimum Gasteiger partial charge on any atom is -0.347 e. The van der Waals surface area contributed by atoms with Crippen LogP contribution in [0.2, 0.25) is 0 Å². The standard InChI is InChI=1S/C13H24N6O2.ClH/c1-9(2)5-10(6-14)15-13(21)11-7-19(17-16-11)8-12(20)18(3)4;/h7,9-10H,5-6,8,14H2,1-4H3,(H,15,21);1H. The van der Waals surface area contributed by atoms with Gasteiger partial charge in [0.2, 0.25) is 5.91 Å². The number of nitrogens with zero attached hydrogens (tertiary/aromatic N) is 4. The van der Waals surface area contributed by atoms with Gasteiger partial charge >= 0.3 is 0 Å². The minimum absolute atomic E-state index is 0. The van der Waals surface area contributed by atoms with Crippen LogP contribution in [0.1, 0.15) is 30.8 Å². The van der Waals surface area contributed by atoms with Gasteiger partial charge in [-0.25, -0.2) is 4.68 Å². The molecule has 0 fully saturated rings. The summed E-state index contributed by atoms with van der Waals surface area (Å²) >= 11 is 0. The van der Waals surface area contributed by atoms with E-state index in [0.717, 1.165) is 6.42 Å². The van der Waals surface area contributed by atoms with E-state index in [4.69, 9.17) is 5.73 Å². The van der Waals surface area contributed by atoms with Crippen LogP contribution in [0.25, 0.3) is 0 Å². The third-order valence-corrected chi connectivity index (χ3v) is 2.94. The number of hydrogen-bond donors (Lipinski definition) is 2. The molecule has 0 radical (unpaired) electrons. The normalized spacial score (nSPS) is 11.7. The molecule has 1 rings (SSSR count). The molecule has 0 bridgehead atoms. The second kappa shape index (κ2) is 9.37. The van der Waals surface area contributed by atoms with E-state index in [2.05, 4.69) is 29.5 Å². The summed E-state index contributed by atoms with van der Waals surface area (Å²) in [6, 6.07) is -0.0916. The molecule has 1 unspecified atom stereocenters. The predicted octanol–water partition coefficient (Wildman–Crippen LogP) is -0.109. The lowest BCUT2D eigenvalue weighted by Gasteiger charge is -2.17. The topological polar surface area (TPSA) is 106 Å². The lowest BCUT2D eigenvalue weighted by atomic mass is 10.0. The highest BCUT2D eigenvalue weighted by atomic mass is 35.5. The van der Waals surface area contributed by atoms with Crippen LogP contribution in [0.15, 0.2) is 6.20 Å². The molecule has 0 aliphatic rings. The number of carbonyl (C=O) groups is 2. The third kappa shape index (κ3) is 6.40. The van der Waals surface area contributed by atoms with Gasteiger partial charge in [0.1, 0.15) is 6.54 Å². The fourth-order valence-electron chi connectivity index (χ4n) is 1.80. The molecule has 22 heavy (non-hydrogen) atoms. The number of aromatic nitrogens is 3. The largest absolute Gasteiger partial charge is 0.347 e. The predicted molar refractivity (Wildman–Crippen MR) is 85.7 cm³/mol. The number of nitrogens with two attached hydrogens (primary N) is 1. The molecule has 1 aromatic rings.